The van der Waals surface area contributed by atoms with Crippen LogP contribution in [-0.4, -0.2) is 10.5 Å². The lowest BCUT2D eigenvalue weighted by Crippen LogP contribution is -2.13. The quantitative estimate of drug-likeness (QED) is 0.201. The summed E-state index contributed by atoms with van der Waals surface area (Å²) in [7, 11) is 0. The lowest BCUT2D eigenvalue weighted by molar-refractivity contribution is -0.112. The Morgan fingerprint density at radius 2 is 1.41 bits per heavy atom. The Hall–Kier alpha value is -5.14. The monoisotopic (exact) mass is 479 g/mol. The van der Waals surface area contributed by atoms with Gasteiger partial charge in [0.15, 0.2) is 0 Å². The first-order valence-electron chi connectivity index (χ1n) is 12.1. The van der Waals surface area contributed by atoms with Gasteiger partial charge in [0, 0.05) is 16.9 Å². The second-order valence-corrected chi connectivity index (χ2v) is 8.73. The van der Waals surface area contributed by atoms with Crippen molar-refractivity contribution >= 4 is 17.7 Å². The van der Waals surface area contributed by atoms with Crippen LogP contribution in [0, 0.1) is 18.3 Å². The molecule has 0 aliphatic rings. The predicted molar refractivity (Wildman–Crippen MR) is 150 cm³/mol. The molecular formula is C33H25N3O. The normalized spacial score (nSPS) is 11.1. The molecule has 0 unspecified atom stereocenters. The van der Waals surface area contributed by atoms with Crippen molar-refractivity contribution in [1.82, 2.24) is 4.57 Å². The van der Waals surface area contributed by atoms with Gasteiger partial charge in [-0.05, 0) is 60.0 Å². The molecule has 0 aliphatic heterocycles. The van der Waals surface area contributed by atoms with Gasteiger partial charge in [0.1, 0.15) is 11.6 Å². The SMILES string of the molecule is Cc1cccc(NC(=O)/C(C#N)=C/c2cc(-c3ccccc3)n(-c3ccccc3)c2-c2ccccc2)c1. The maximum atomic E-state index is 13.1. The third-order valence-corrected chi connectivity index (χ3v) is 6.10. The van der Waals surface area contributed by atoms with Gasteiger partial charge in [0.2, 0.25) is 0 Å². The zero-order chi connectivity index (χ0) is 25.6. The highest BCUT2D eigenvalue weighted by Gasteiger charge is 2.20. The Morgan fingerprint density at radius 3 is 2.03 bits per heavy atom. The number of benzene rings is 4. The van der Waals surface area contributed by atoms with Crippen LogP contribution in [0.25, 0.3) is 34.3 Å². The molecule has 0 aliphatic carbocycles. The summed E-state index contributed by atoms with van der Waals surface area (Å²) < 4.78 is 2.18. The maximum absolute atomic E-state index is 13.1. The van der Waals surface area contributed by atoms with Crippen LogP contribution in [0.4, 0.5) is 5.69 Å². The number of aryl methyl sites for hydroxylation is 1. The van der Waals surface area contributed by atoms with Gasteiger partial charge in [-0.2, -0.15) is 5.26 Å². The minimum Gasteiger partial charge on any atom is -0.321 e. The lowest BCUT2D eigenvalue weighted by atomic mass is 10.0. The van der Waals surface area contributed by atoms with Crippen LogP contribution in [0.2, 0.25) is 0 Å². The lowest BCUT2D eigenvalue weighted by Gasteiger charge is -2.15. The fourth-order valence-electron chi connectivity index (χ4n) is 4.42. The summed E-state index contributed by atoms with van der Waals surface area (Å²) in [6.07, 6.45) is 1.68. The molecule has 178 valence electrons. The molecule has 0 saturated carbocycles. The van der Waals surface area contributed by atoms with Crippen molar-refractivity contribution in [1.29, 1.82) is 5.26 Å². The molecule has 0 spiro atoms. The molecule has 0 saturated heterocycles. The fraction of sp³-hybridized carbons (Fsp3) is 0.0303. The molecule has 0 atom stereocenters. The zero-order valence-electron chi connectivity index (χ0n) is 20.4. The number of hydrogen-bond acceptors (Lipinski definition) is 2. The van der Waals surface area contributed by atoms with Crippen LogP contribution >= 0.6 is 0 Å². The van der Waals surface area contributed by atoms with Crippen molar-refractivity contribution < 1.29 is 4.79 Å². The van der Waals surface area contributed by atoms with E-state index >= 15 is 0 Å². The summed E-state index contributed by atoms with van der Waals surface area (Å²) in [4.78, 5) is 13.1. The smallest absolute Gasteiger partial charge is 0.266 e. The summed E-state index contributed by atoms with van der Waals surface area (Å²) in [5.74, 6) is -0.444. The Bertz CT molecular complexity index is 1610. The van der Waals surface area contributed by atoms with Gasteiger partial charge in [-0.1, -0.05) is 91.0 Å². The number of nitriles is 1. The highest BCUT2D eigenvalue weighted by atomic mass is 16.1. The standard InChI is InChI=1S/C33H25N3O/c1-24-12-11-17-29(20-24)35-33(37)28(23-34)21-27-22-31(25-13-5-2-6-14-25)36(30-18-9-4-10-19-30)32(27)26-15-7-3-8-16-26/h2-22H,1H3,(H,35,37)/b28-21+. The van der Waals surface area contributed by atoms with Crippen LogP contribution in [0.1, 0.15) is 11.1 Å². The number of nitrogens with zero attached hydrogens (tertiary/aromatic N) is 2. The van der Waals surface area contributed by atoms with Crippen LogP contribution in [-0.2, 0) is 4.79 Å². The molecule has 1 aromatic heterocycles. The number of carbonyl (C=O) groups is 1. The molecule has 5 rings (SSSR count). The fourth-order valence-corrected chi connectivity index (χ4v) is 4.42. The van der Waals surface area contributed by atoms with Crippen LogP contribution in [0.15, 0.2) is 127 Å². The van der Waals surface area contributed by atoms with Gasteiger partial charge in [0.25, 0.3) is 5.91 Å². The Kier molecular flexibility index (Phi) is 6.78. The van der Waals surface area contributed by atoms with E-state index in [1.807, 2.05) is 104 Å². The highest BCUT2D eigenvalue weighted by molar-refractivity contribution is 6.10. The largest absolute Gasteiger partial charge is 0.321 e. The molecule has 5 aromatic rings. The average Bonchev–Trinajstić information content (AvgIpc) is 3.32. The highest BCUT2D eigenvalue weighted by Crippen LogP contribution is 2.37. The first kappa shape index (κ1) is 23.6. The van der Waals surface area contributed by atoms with Gasteiger partial charge in [0.05, 0.1) is 11.4 Å². The number of carbonyl (C=O) groups excluding carboxylic acids is 1. The van der Waals surface area contributed by atoms with E-state index in [0.717, 1.165) is 39.3 Å². The number of nitrogens with one attached hydrogen (secondary N) is 1. The minimum absolute atomic E-state index is 0.0310. The topological polar surface area (TPSA) is 57.8 Å². The summed E-state index contributed by atoms with van der Waals surface area (Å²) in [6, 6.07) is 42.0. The van der Waals surface area contributed by atoms with E-state index in [1.165, 1.54) is 0 Å². The second-order valence-electron chi connectivity index (χ2n) is 8.73. The molecule has 0 fully saturated rings. The third-order valence-electron chi connectivity index (χ3n) is 6.10. The Labute approximate surface area is 216 Å². The Morgan fingerprint density at radius 1 is 0.784 bits per heavy atom. The van der Waals surface area contributed by atoms with E-state index in [2.05, 4.69) is 40.2 Å². The number of anilines is 1. The van der Waals surface area contributed by atoms with Gasteiger partial charge < -0.3 is 9.88 Å². The molecular weight excluding hydrogens is 454 g/mol. The van der Waals surface area contributed by atoms with Crippen LogP contribution in [0.3, 0.4) is 0 Å². The predicted octanol–water partition coefficient (Wildman–Crippen LogP) is 7.67. The van der Waals surface area contributed by atoms with E-state index in [0.29, 0.717) is 5.69 Å². The summed E-state index contributed by atoms with van der Waals surface area (Å²) in [5, 5.41) is 12.8. The van der Waals surface area contributed by atoms with E-state index in [9.17, 15) is 10.1 Å². The molecule has 1 heterocycles. The second kappa shape index (κ2) is 10.6. The summed E-state index contributed by atoms with van der Waals surface area (Å²) >= 11 is 0. The van der Waals surface area contributed by atoms with Gasteiger partial charge in [-0.3, -0.25) is 4.79 Å². The first-order chi connectivity index (χ1) is 18.1. The average molecular weight is 480 g/mol. The van der Waals surface area contributed by atoms with Gasteiger partial charge in [-0.25, -0.2) is 0 Å². The van der Waals surface area contributed by atoms with Crippen molar-refractivity contribution in [2.24, 2.45) is 0 Å². The number of para-hydroxylation sites is 1. The molecule has 1 N–H and O–H groups in total. The molecule has 1 amide bonds. The van der Waals surface area contributed by atoms with E-state index < -0.39 is 5.91 Å². The van der Waals surface area contributed by atoms with Gasteiger partial charge >= 0.3 is 0 Å². The molecule has 0 radical (unpaired) electrons. The zero-order valence-corrected chi connectivity index (χ0v) is 20.4. The maximum Gasteiger partial charge on any atom is 0.266 e. The molecule has 4 aromatic carbocycles. The number of hydrogen-bond donors (Lipinski definition) is 1. The van der Waals surface area contributed by atoms with Crippen molar-refractivity contribution in [3.05, 3.63) is 138 Å². The van der Waals surface area contributed by atoms with Gasteiger partial charge in [-0.15, -0.1) is 0 Å². The van der Waals surface area contributed by atoms with Crippen LogP contribution in [0.5, 0.6) is 0 Å². The van der Waals surface area contributed by atoms with E-state index in [4.69, 9.17) is 0 Å². The molecule has 0 bridgehead atoms. The van der Waals surface area contributed by atoms with E-state index in [-0.39, 0.29) is 5.57 Å². The summed E-state index contributed by atoms with van der Waals surface area (Å²) in [5.41, 5.74) is 7.37. The summed E-state index contributed by atoms with van der Waals surface area (Å²) in [6.45, 7) is 1.96. The Balaban J connectivity index is 1.71. The van der Waals surface area contributed by atoms with Crippen molar-refractivity contribution in [3.63, 3.8) is 0 Å². The van der Waals surface area contributed by atoms with Crippen molar-refractivity contribution in [2.45, 2.75) is 6.92 Å². The molecule has 37 heavy (non-hydrogen) atoms. The number of rotatable bonds is 6. The molecule has 4 nitrogen and oxygen atoms in total. The van der Waals surface area contributed by atoms with Crippen molar-refractivity contribution in [2.75, 3.05) is 5.32 Å². The van der Waals surface area contributed by atoms with E-state index in [1.54, 1.807) is 6.08 Å². The third kappa shape index (κ3) is 5.12. The number of aromatic nitrogens is 1. The van der Waals surface area contributed by atoms with Crippen LogP contribution < -0.4 is 5.32 Å². The number of amides is 1. The van der Waals surface area contributed by atoms with Crippen molar-refractivity contribution in [3.8, 4) is 34.3 Å². The first-order valence-corrected chi connectivity index (χ1v) is 12.1. The molecule has 4 heteroatoms. The minimum atomic E-state index is -0.444.